The highest BCUT2D eigenvalue weighted by molar-refractivity contribution is 5.78. The molecule has 2 aliphatic heterocycles. The molecular formula is C15H27N3O. The Morgan fingerprint density at radius 1 is 1.21 bits per heavy atom. The van der Waals surface area contributed by atoms with Crippen LogP contribution in [0.4, 0.5) is 0 Å². The van der Waals surface area contributed by atoms with E-state index in [1.165, 1.54) is 32.2 Å². The van der Waals surface area contributed by atoms with Gasteiger partial charge in [-0.15, -0.1) is 0 Å². The summed E-state index contributed by atoms with van der Waals surface area (Å²) >= 11 is 0. The molecule has 1 amide bonds. The maximum atomic E-state index is 12.2. The van der Waals surface area contributed by atoms with Gasteiger partial charge in [0.05, 0.1) is 6.54 Å². The minimum absolute atomic E-state index is 0.312. The normalized spacial score (nSPS) is 32.2. The Morgan fingerprint density at radius 2 is 2.05 bits per heavy atom. The quantitative estimate of drug-likeness (QED) is 0.821. The fraction of sp³-hybridized carbons (Fsp3) is 0.933. The topological polar surface area (TPSA) is 35.6 Å². The Balaban J connectivity index is 1.45. The van der Waals surface area contributed by atoms with Crippen molar-refractivity contribution in [3.63, 3.8) is 0 Å². The van der Waals surface area contributed by atoms with Crippen molar-refractivity contribution < 1.29 is 4.79 Å². The summed E-state index contributed by atoms with van der Waals surface area (Å²) in [4.78, 5) is 16.8. The molecule has 108 valence electrons. The predicted molar refractivity (Wildman–Crippen MR) is 75.9 cm³/mol. The molecule has 1 saturated carbocycles. The molecule has 0 spiro atoms. The van der Waals surface area contributed by atoms with Gasteiger partial charge in [0.1, 0.15) is 0 Å². The Morgan fingerprint density at radius 3 is 2.84 bits per heavy atom. The summed E-state index contributed by atoms with van der Waals surface area (Å²) in [6.45, 7) is 4.75. The largest absolute Gasteiger partial charge is 0.341 e. The minimum Gasteiger partial charge on any atom is -0.341 e. The third kappa shape index (κ3) is 3.29. The molecule has 19 heavy (non-hydrogen) atoms. The molecule has 3 fully saturated rings. The second kappa shape index (κ2) is 5.80. The van der Waals surface area contributed by atoms with Gasteiger partial charge in [0, 0.05) is 19.1 Å². The number of amides is 1. The summed E-state index contributed by atoms with van der Waals surface area (Å²) in [5.74, 6) is 1.87. The van der Waals surface area contributed by atoms with Gasteiger partial charge in [0.25, 0.3) is 0 Å². The SMILES string of the molecule is CN1CCCC2CN(C(=O)CNCC3CC3)CCC21. The number of carbonyl (C=O) groups is 1. The minimum atomic E-state index is 0.312. The fourth-order valence-corrected chi connectivity index (χ4v) is 3.70. The lowest BCUT2D eigenvalue weighted by Crippen LogP contribution is -2.55. The van der Waals surface area contributed by atoms with E-state index in [1.807, 2.05) is 0 Å². The first-order valence-corrected chi connectivity index (χ1v) is 7.93. The van der Waals surface area contributed by atoms with Crippen molar-refractivity contribution in [3.05, 3.63) is 0 Å². The number of fused-ring (bicyclic) bond motifs is 1. The molecule has 2 saturated heterocycles. The van der Waals surface area contributed by atoms with Crippen molar-refractivity contribution in [2.75, 3.05) is 39.8 Å². The van der Waals surface area contributed by atoms with Gasteiger partial charge in [0.15, 0.2) is 0 Å². The number of hydrogen-bond donors (Lipinski definition) is 1. The summed E-state index contributed by atoms with van der Waals surface area (Å²) in [6, 6.07) is 0.720. The number of likely N-dealkylation sites (tertiary alicyclic amines) is 2. The van der Waals surface area contributed by atoms with Crippen LogP contribution >= 0.6 is 0 Å². The average Bonchev–Trinajstić information content (AvgIpc) is 3.23. The second-order valence-electron chi connectivity index (χ2n) is 6.65. The number of piperidine rings is 2. The van der Waals surface area contributed by atoms with E-state index in [0.29, 0.717) is 18.4 Å². The first-order chi connectivity index (χ1) is 9.24. The van der Waals surface area contributed by atoms with Crippen LogP contribution in [0, 0.1) is 11.8 Å². The van der Waals surface area contributed by atoms with Gasteiger partial charge in [-0.25, -0.2) is 0 Å². The molecule has 4 heteroatoms. The number of rotatable bonds is 4. The zero-order chi connectivity index (χ0) is 13.2. The van der Waals surface area contributed by atoms with Crippen molar-refractivity contribution in [2.24, 2.45) is 11.8 Å². The van der Waals surface area contributed by atoms with Gasteiger partial charge < -0.3 is 15.1 Å². The number of nitrogens with one attached hydrogen (secondary N) is 1. The van der Waals surface area contributed by atoms with E-state index >= 15 is 0 Å². The van der Waals surface area contributed by atoms with Crippen LogP contribution in [0.2, 0.25) is 0 Å². The van der Waals surface area contributed by atoms with E-state index in [9.17, 15) is 4.79 Å². The first-order valence-electron chi connectivity index (χ1n) is 7.93. The van der Waals surface area contributed by atoms with Crippen molar-refractivity contribution >= 4 is 5.91 Å². The molecule has 3 aliphatic rings. The van der Waals surface area contributed by atoms with Gasteiger partial charge in [0.2, 0.25) is 5.91 Å². The van der Waals surface area contributed by atoms with Gasteiger partial charge in [-0.2, -0.15) is 0 Å². The van der Waals surface area contributed by atoms with E-state index < -0.39 is 0 Å². The number of carbonyl (C=O) groups excluding carboxylic acids is 1. The summed E-state index contributed by atoms with van der Waals surface area (Å²) in [6.07, 6.45) is 6.45. The molecule has 4 nitrogen and oxygen atoms in total. The fourth-order valence-electron chi connectivity index (χ4n) is 3.70. The highest BCUT2D eigenvalue weighted by Gasteiger charge is 2.35. The second-order valence-corrected chi connectivity index (χ2v) is 6.65. The van der Waals surface area contributed by atoms with Crippen LogP contribution in [0.25, 0.3) is 0 Å². The first kappa shape index (κ1) is 13.4. The van der Waals surface area contributed by atoms with E-state index in [-0.39, 0.29) is 0 Å². The van der Waals surface area contributed by atoms with Crippen molar-refractivity contribution in [1.82, 2.24) is 15.1 Å². The third-order valence-electron chi connectivity index (χ3n) is 5.10. The molecule has 0 aromatic carbocycles. The Bertz CT molecular complexity index is 329. The van der Waals surface area contributed by atoms with Gasteiger partial charge >= 0.3 is 0 Å². The summed E-state index contributed by atoms with van der Waals surface area (Å²) in [7, 11) is 2.24. The highest BCUT2D eigenvalue weighted by atomic mass is 16.2. The van der Waals surface area contributed by atoms with Crippen molar-refractivity contribution in [3.8, 4) is 0 Å². The van der Waals surface area contributed by atoms with E-state index in [1.54, 1.807) is 0 Å². The maximum absolute atomic E-state index is 12.2. The Labute approximate surface area is 116 Å². The Kier molecular flexibility index (Phi) is 4.08. The van der Waals surface area contributed by atoms with Crippen LogP contribution in [0.15, 0.2) is 0 Å². The zero-order valence-corrected chi connectivity index (χ0v) is 12.1. The van der Waals surface area contributed by atoms with Gasteiger partial charge in [-0.3, -0.25) is 4.79 Å². The lowest BCUT2D eigenvalue weighted by Gasteiger charge is -2.46. The van der Waals surface area contributed by atoms with Crippen LogP contribution in [-0.2, 0) is 4.79 Å². The maximum Gasteiger partial charge on any atom is 0.236 e. The standard InChI is InChI=1S/C15H27N3O/c1-17-7-2-3-13-11-18(8-6-14(13)17)15(19)10-16-9-12-4-5-12/h12-14,16H,2-11H2,1H3. The van der Waals surface area contributed by atoms with Gasteiger partial charge in [-0.05, 0) is 64.1 Å². The van der Waals surface area contributed by atoms with Crippen molar-refractivity contribution in [1.29, 1.82) is 0 Å². The number of hydrogen-bond acceptors (Lipinski definition) is 3. The molecule has 0 aromatic rings. The summed E-state index contributed by atoms with van der Waals surface area (Å²) < 4.78 is 0. The summed E-state index contributed by atoms with van der Waals surface area (Å²) in [5.41, 5.74) is 0. The van der Waals surface area contributed by atoms with Gasteiger partial charge in [-0.1, -0.05) is 0 Å². The molecule has 0 aromatic heterocycles. The molecule has 2 atom stereocenters. The smallest absolute Gasteiger partial charge is 0.236 e. The van der Waals surface area contributed by atoms with Crippen LogP contribution in [-0.4, -0.2) is 61.5 Å². The van der Waals surface area contributed by atoms with E-state index in [0.717, 1.165) is 38.0 Å². The lowest BCUT2D eigenvalue weighted by atomic mass is 9.84. The number of nitrogens with zero attached hydrogens (tertiary/aromatic N) is 2. The van der Waals surface area contributed by atoms with Crippen molar-refractivity contribution in [2.45, 2.75) is 38.1 Å². The molecule has 3 rings (SSSR count). The Hall–Kier alpha value is -0.610. The van der Waals surface area contributed by atoms with Crippen LogP contribution < -0.4 is 5.32 Å². The molecule has 1 N–H and O–H groups in total. The predicted octanol–water partition coefficient (Wildman–Crippen LogP) is 0.929. The molecule has 2 heterocycles. The van der Waals surface area contributed by atoms with Crippen LogP contribution in [0.1, 0.15) is 32.1 Å². The highest BCUT2D eigenvalue weighted by Crippen LogP contribution is 2.29. The van der Waals surface area contributed by atoms with Crippen LogP contribution in [0.5, 0.6) is 0 Å². The van der Waals surface area contributed by atoms with E-state index in [4.69, 9.17) is 0 Å². The third-order valence-corrected chi connectivity index (χ3v) is 5.10. The molecule has 0 radical (unpaired) electrons. The molecule has 0 bridgehead atoms. The lowest BCUT2D eigenvalue weighted by molar-refractivity contribution is -0.133. The summed E-state index contributed by atoms with van der Waals surface area (Å²) in [5, 5.41) is 3.32. The zero-order valence-electron chi connectivity index (χ0n) is 12.1. The monoisotopic (exact) mass is 265 g/mol. The molecular weight excluding hydrogens is 238 g/mol. The van der Waals surface area contributed by atoms with Crippen LogP contribution in [0.3, 0.4) is 0 Å². The average molecular weight is 265 g/mol. The molecule has 1 aliphatic carbocycles. The van der Waals surface area contributed by atoms with E-state index in [2.05, 4.69) is 22.2 Å². The molecule has 2 unspecified atom stereocenters.